The summed E-state index contributed by atoms with van der Waals surface area (Å²) in [5.74, 6) is 0. The van der Waals surface area contributed by atoms with Gasteiger partial charge >= 0.3 is 0 Å². The van der Waals surface area contributed by atoms with Gasteiger partial charge in [0.2, 0.25) is 0 Å². The SMILES string of the molecule is CCn1nc(C)cc1CN(C)C1CCCCC1N. The molecule has 1 saturated carbocycles. The standard InChI is InChI=1S/C14H26N4/c1-4-18-12(9-11(2)16-18)10-17(3)14-8-6-5-7-13(14)15/h9,13-14H,4-8,10,15H2,1-3H3. The maximum absolute atomic E-state index is 6.25. The molecule has 0 aromatic carbocycles. The second kappa shape index (κ2) is 5.85. The zero-order valence-electron chi connectivity index (χ0n) is 11.9. The van der Waals surface area contributed by atoms with Gasteiger partial charge in [-0.2, -0.15) is 5.10 Å². The molecule has 1 aliphatic rings. The molecule has 1 heterocycles. The summed E-state index contributed by atoms with van der Waals surface area (Å²) in [6, 6.07) is 3.05. The van der Waals surface area contributed by atoms with Crippen LogP contribution < -0.4 is 5.73 Å². The summed E-state index contributed by atoms with van der Waals surface area (Å²) in [7, 11) is 2.19. The second-order valence-electron chi connectivity index (χ2n) is 5.52. The van der Waals surface area contributed by atoms with Crippen LogP contribution in [0.5, 0.6) is 0 Å². The molecule has 0 amide bonds. The van der Waals surface area contributed by atoms with Crippen molar-refractivity contribution in [3.8, 4) is 0 Å². The largest absolute Gasteiger partial charge is 0.326 e. The Balaban J connectivity index is 2.03. The Labute approximate surface area is 110 Å². The first kappa shape index (κ1) is 13.6. The van der Waals surface area contributed by atoms with E-state index in [4.69, 9.17) is 5.73 Å². The minimum absolute atomic E-state index is 0.336. The molecule has 102 valence electrons. The van der Waals surface area contributed by atoms with Crippen molar-refractivity contribution in [2.45, 2.75) is 64.7 Å². The van der Waals surface area contributed by atoms with Gasteiger partial charge in [0.1, 0.15) is 0 Å². The molecule has 2 atom stereocenters. The maximum atomic E-state index is 6.25. The van der Waals surface area contributed by atoms with Crippen LogP contribution in [-0.4, -0.2) is 33.8 Å². The molecule has 18 heavy (non-hydrogen) atoms. The Morgan fingerprint density at radius 2 is 2.17 bits per heavy atom. The fourth-order valence-electron chi connectivity index (χ4n) is 3.06. The van der Waals surface area contributed by atoms with Crippen molar-refractivity contribution < 1.29 is 0 Å². The predicted molar refractivity (Wildman–Crippen MR) is 74.3 cm³/mol. The first-order valence-electron chi connectivity index (χ1n) is 7.11. The molecule has 0 radical (unpaired) electrons. The third-order valence-corrected chi connectivity index (χ3v) is 4.04. The Bertz CT molecular complexity index is 385. The molecule has 2 N–H and O–H groups in total. The van der Waals surface area contributed by atoms with E-state index in [0.29, 0.717) is 12.1 Å². The number of hydrogen-bond acceptors (Lipinski definition) is 3. The average molecular weight is 250 g/mol. The lowest BCUT2D eigenvalue weighted by molar-refractivity contribution is 0.158. The highest BCUT2D eigenvalue weighted by Gasteiger charge is 2.25. The molecule has 1 aliphatic carbocycles. The van der Waals surface area contributed by atoms with Crippen LogP contribution in [0.25, 0.3) is 0 Å². The number of aryl methyl sites for hydroxylation is 2. The molecule has 2 rings (SSSR count). The predicted octanol–water partition coefficient (Wildman–Crippen LogP) is 1.91. The lowest BCUT2D eigenvalue weighted by Gasteiger charge is -2.36. The van der Waals surface area contributed by atoms with Gasteiger partial charge in [-0.25, -0.2) is 0 Å². The number of hydrogen-bond donors (Lipinski definition) is 1. The summed E-state index contributed by atoms with van der Waals surface area (Å²) in [5, 5.41) is 4.51. The molecule has 2 unspecified atom stereocenters. The smallest absolute Gasteiger partial charge is 0.0597 e. The number of rotatable bonds is 4. The molecule has 0 aliphatic heterocycles. The molecule has 1 fully saturated rings. The van der Waals surface area contributed by atoms with E-state index in [9.17, 15) is 0 Å². The van der Waals surface area contributed by atoms with Crippen LogP contribution in [0, 0.1) is 6.92 Å². The van der Waals surface area contributed by atoms with E-state index in [2.05, 4.69) is 41.6 Å². The first-order chi connectivity index (χ1) is 8.61. The number of likely N-dealkylation sites (N-methyl/N-ethyl adjacent to an activating group) is 1. The van der Waals surface area contributed by atoms with Crippen LogP contribution in [0.4, 0.5) is 0 Å². The minimum atomic E-state index is 0.336. The summed E-state index contributed by atoms with van der Waals surface area (Å²) >= 11 is 0. The third kappa shape index (κ3) is 2.93. The Morgan fingerprint density at radius 1 is 1.44 bits per heavy atom. The van der Waals surface area contributed by atoms with Gasteiger partial charge in [0, 0.05) is 25.2 Å². The molecular weight excluding hydrogens is 224 g/mol. The van der Waals surface area contributed by atoms with Crippen molar-refractivity contribution in [3.63, 3.8) is 0 Å². The van der Waals surface area contributed by atoms with E-state index in [0.717, 1.165) is 18.8 Å². The highest BCUT2D eigenvalue weighted by molar-refractivity contribution is 5.09. The van der Waals surface area contributed by atoms with Crippen molar-refractivity contribution in [3.05, 3.63) is 17.5 Å². The van der Waals surface area contributed by atoms with Gasteiger partial charge < -0.3 is 5.73 Å². The van der Waals surface area contributed by atoms with E-state index in [1.807, 2.05) is 0 Å². The second-order valence-corrected chi connectivity index (χ2v) is 5.52. The molecule has 0 saturated heterocycles. The van der Waals surface area contributed by atoms with Crippen LogP contribution in [-0.2, 0) is 13.1 Å². The van der Waals surface area contributed by atoms with Crippen LogP contribution >= 0.6 is 0 Å². The first-order valence-corrected chi connectivity index (χ1v) is 7.11. The van der Waals surface area contributed by atoms with E-state index in [-0.39, 0.29) is 0 Å². The number of aromatic nitrogens is 2. The van der Waals surface area contributed by atoms with Crippen molar-refractivity contribution in [2.75, 3.05) is 7.05 Å². The van der Waals surface area contributed by atoms with E-state index >= 15 is 0 Å². The average Bonchev–Trinajstić information content (AvgIpc) is 2.70. The fourth-order valence-corrected chi connectivity index (χ4v) is 3.06. The van der Waals surface area contributed by atoms with Crippen molar-refractivity contribution in [1.82, 2.24) is 14.7 Å². The highest BCUT2D eigenvalue weighted by atomic mass is 15.3. The summed E-state index contributed by atoms with van der Waals surface area (Å²) in [6.07, 6.45) is 5.00. The molecule has 4 heteroatoms. The van der Waals surface area contributed by atoms with Gasteiger partial charge in [-0.1, -0.05) is 12.8 Å². The summed E-state index contributed by atoms with van der Waals surface area (Å²) < 4.78 is 2.10. The highest BCUT2D eigenvalue weighted by Crippen LogP contribution is 2.22. The van der Waals surface area contributed by atoms with E-state index < -0.39 is 0 Å². The number of nitrogens with zero attached hydrogens (tertiary/aromatic N) is 3. The summed E-state index contributed by atoms with van der Waals surface area (Å²) in [4.78, 5) is 2.41. The van der Waals surface area contributed by atoms with Crippen LogP contribution in [0.3, 0.4) is 0 Å². The zero-order chi connectivity index (χ0) is 13.1. The monoisotopic (exact) mass is 250 g/mol. The summed E-state index contributed by atoms with van der Waals surface area (Å²) in [5.41, 5.74) is 8.65. The van der Waals surface area contributed by atoms with Gasteiger partial charge in [0.05, 0.1) is 11.4 Å². The van der Waals surface area contributed by atoms with E-state index in [1.54, 1.807) is 0 Å². The topological polar surface area (TPSA) is 47.1 Å². The van der Waals surface area contributed by atoms with Crippen LogP contribution in [0.1, 0.15) is 44.0 Å². The molecule has 0 bridgehead atoms. The Kier molecular flexibility index (Phi) is 4.40. The number of nitrogens with two attached hydrogens (primary N) is 1. The minimum Gasteiger partial charge on any atom is -0.326 e. The molecule has 0 spiro atoms. The Morgan fingerprint density at radius 3 is 2.83 bits per heavy atom. The van der Waals surface area contributed by atoms with Gasteiger partial charge in [0.25, 0.3) is 0 Å². The lowest BCUT2D eigenvalue weighted by Crippen LogP contribution is -2.47. The normalized spacial score (nSPS) is 24.7. The van der Waals surface area contributed by atoms with Gasteiger partial charge in [0.15, 0.2) is 0 Å². The summed E-state index contributed by atoms with van der Waals surface area (Å²) in [6.45, 7) is 6.09. The lowest BCUT2D eigenvalue weighted by atomic mass is 9.90. The Hall–Kier alpha value is -0.870. The fraction of sp³-hybridized carbons (Fsp3) is 0.786. The third-order valence-electron chi connectivity index (χ3n) is 4.04. The van der Waals surface area contributed by atoms with Crippen molar-refractivity contribution in [1.29, 1.82) is 0 Å². The van der Waals surface area contributed by atoms with Gasteiger partial charge in [-0.05, 0) is 39.8 Å². The van der Waals surface area contributed by atoms with E-state index in [1.165, 1.54) is 31.4 Å². The molecule has 4 nitrogen and oxygen atoms in total. The zero-order valence-corrected chi connectivity index (χ0v) is 11.9. The van der Waals surface area contributed by atoms with Crippen molar-refractivity contribution in [2.24, 2.45) is 5.73 Å². The van der Waals surface area contributed by atoms with Gasteiger partial charge in [-0.15, -0.1) is 0 Å². The van der Waals surface area contributed by atoms with Crippen LogP contribution in [0.15, 0.2) is 6.07 Å². The quantitative estimate of drug-likeness (QED) is 0.888. The maximum Gasteiger partial charge on any atom is 0.0597 e. The molecule has 1 aromatic heterocycles. The van der Waals surface area contributed by atoms with Crippen molar-refractivity contribution >= 4 is 0 Å². The molecular formula is C14H26N4. The van der Waals surface area contributed by atoms with Crippen LogP contribution in [0.2, 0.25) is 0 Å². The van der Waals surface area contributed by atoms with Gasteiger partial charge in [-0.3, -0.25) is 9.58 Å². The molecule has 1 aromatic rings.